The lowest BCUT2D eigenvalue weighted by molar-refractivity contribution is -0.176. The number of aryl methyl sites for hydroxylation is 1. The first-order chi connectivity index (χ1) is 10.8. The van der Waals surface area contributed by atoms with Crippen LogP contribution in [0.3, 0.4) is 0 Å². The molecule has 0 aromatic carbocycles. The average molecular weight is 349 g/mol. The Balaban J connectivity index is 2.58. The topological polar surface area (TPSA) is 88.9 Å². The third-order valence-electron chi connectivity index (χ3n) is 3.27. The number of amides is 2. The molecule has 1 rings (SSSR count). The predicted octanol–water partition coefficient (Wildman–Crippen LogP) is 1.05. The maximum absolute atomic E-state index is 12.3. The molecule has 1 heterocycles. The standard InChI is InChI=1S/C14H22F3N5O2/c1-8(2)10-19-9(22(5)21-10)6-7-18-11(23)13(3,4)20-12(24)14(15,16)17/h8H,6-7H2,1-5H3,(H,18,23)(H,20,24). The Labute approximate surface area is 138 Å². The van der Waals surface area contributed by atoms with Gasteiger partial charge in [0.25, 0.3) is 0 Å². The van der Waals surface area contributed by atoms with Gasteiger partial charge < -0.3 is 10.6 Å². The fourth-order valence-electron chi connectivity index (χ4n) is 1.82. The van der Waals surface area contributed by atoms with Gasteiger partial charge in [-0.25, -0.2) is 4.98 Å². The minimum Gasteiger partial charge on any atom is -0.354 e. The van der Waals surface area contributed by atoms with Crippen LogP contribution in [0.15, 0.2) is 0 Å². The monoisotopic (exact) mass is 349 g/mol. The summed E-state index contributed by atoms with van der Waals surface area (Å²) >= 11 is 0. The van der Waals surface area contributed by atoms with E-state index in [4.69, 9.17) is 0 Å². The van der Waals surface area contributed by atoms with Gasteiger partial charge in [-0.2, -0.15) is 18.3 Å². The van der Waals surface area contributed by atoms with E-state index in [-0.39, 0.29) is 12.5 Å². The second-order valence-corrected chi connectivity index (χ2v) is 6.25. The molecule has 7 nitrogen and oxygen atoms in total. The summed E-state index contributed by atoms with van der Waals surface area (Å²) < 4.78 is 38.4. The van der Waals surface area contributed by atoms with Gasteiger partial charge in [-0.3, -0.25) is 14.3 Å². The summed E-state index contributed by atoms with van der Waals surface area (Å²) in [5.74, 6) is -1.38. The highest BCUT2D eigenvalue weighted by Gasteiger charge is 2.43. The van der Waals surface area contributed by atoms with Gasteiger partial charge in [-0.05, 0) is 13.8 Å². The Bertz CT molecular complexity index is 608. The zero-order valence-electron chi connectivity index (χ0n) is 14.3. The molecule has 0 radical (unpaired) electrons. The fourth-order valence-corrected chi connectivity index (χ4v) is 1.82. The van der Waals surface area contributed by atoms with Crippen LogP contribution in [0.5, 0.6) is 0 Å². The summed E-state index contributed by atoms with van der Waals surface area (Å²) in [5.41, 5.74) is -1.68. The molecule has 0 aliphatic rings. The predicted molar refractivity (Wildman–Crippen MR) is 80.1 cm³/mol. The Kier molecular flexibility index (Phi) is 5.96. The highest BCUT2D eigenvalue weighted by Crippen LogP contribution is 2.16. The van der Waals surface area contributed by atoms with Gasteiger partial charge in [0, 0.05) is 25.9 Å². The Morgan fingerprint density at radius 2 is 1.79 bits per heavy atom. The molecule has 0 aliphatic heterocycles. The number of nitrogens with one attached hydrogen (secondary N) is 2. The third-order valence-corrected chi connectivity index (χ3v) is 3.27. The van der Waals surface area contributed by atoms with Crippen LogP contribution in [-0.4, -0.2) is 44.8 Å². The number of nitrogens with zero attached hydrogens (tertiary/aromatic N) is 3. The number of carbonyl (C=O) groups excluding carboxylic acids is 2. The molecule has 1 aromatic rings. The normalized spacial score (nSPS) is 12.4. The molecule has 24 heavy (non-hydrogen) atoms. The van der Waals surface area contributed by atoms with E-state index in [9.17, 15) is 22.8 Å². The van der Waals surface area contributed by atoms with E-state index in [1.165, 1.54) is 13.8 Å². The lowest BCUT2D eigenvalue weighted by atomic mass is 10.0. The smallest absolute Gasteiger partial charge is 0.354 e. The van der Waals surface area contributed by atoms with Crippen LogP contribution in [0, 0.1) is 0 Å². The molecular weight excluding hydrogens is 327 g/mol. The van der Waals surface area contributed by atoms with E-state index in [2.05, 4.69) is 15.4 Å². The number of rotatable bonds is 6. The minimum atomic E-state index is -5.04. The second-order valence-electron chi connectivity index (χ2n) is 6.25. The Morgan fingerprint density at radius 3 is 2.25 bits per heavy atom. The van der Waals surface area contributed by atoms with Gasteiger partial charge in [-0.1, -0.05) is 13.8 Å². The van der Waals surface area contributed by atoms with Crippen LogP contribution in [0.1, 0.15) is 45.3 Å². The quantitative estimate of drug-likeness (QED) is 0.804. The van der Waals surface area contributed by atoms with Gasteiger partial charge in [-0.15, -0.1) is 0 Å². The van der Waals surface area contributed by atoms with Crippen molar-refractivity contribution in [3.05, 3.63) is 11.6 Å². The molecule has 0 spiro atoms. The highest BCUT2D eigenvalue weighted by molar-refractivity contribution is 5.92. The number of halogens is 3. The maximum atomic E-state index is 12.3. The van der Waals surface area contributed by atoms with Crippen molar-refractivity contribution in [2.75, 3.05) is 6.54 Å². The van der Waals surface area contributed by atoms with Crippen molar-refractivity contribution in [1.29, 1.82) is 0 Å². The largest absolute Gasteiger partial charge is 0.471 e. The SMILES string of the molecule is CC(C)c1nc(CCNC(=O)C(C)(C)NC(=O)C(F)(F)F)n(C)n1. The fraction of sp³-hybridized carbons (Fsp3) is 0.714. The van der Waals surface area contributed by atoms with E-state index in [1.807, 2.05) is 13.8 Å². The summed E-state index contributed by atoms with van der Waals surface area (Å²) in [6.45, 7) is 6.46. The molecule has 1 aromatic heterocycles. The molecule has 0 bridgehead atoms. The zero-order chi connectivity index (χ0) is 18.7. The van der Waals surface area contributed by atoms with E-state index in [1.54, 1.807) is 17.0 Å². The van der Waals surface area contributed by atoms with Crippen molar-refractivity contribution in [2.45, 2.75) is 51.7 Å². The second kappa shape index (κ2) is 7.18. The van der Waals surface area contributed by atoms with Crippen molar-refractivity contribution in [3.63, 3.8) is 0 Å². The number of carbonyl (C=O) groups is 2. The average Bonchev–Trinajstić information content (AvgIpc) is 2.79. The zero-order valence-corrected chi connectivity index (χ0v) is 14.3. The van der Waals surface area contributed by atoms with E-state index in [0.717, 1.165) is 0 Å². The Hall–Kier alpha value is -2.13. The van der Waals surface area contributed by atoms with Crippen molar-refractivity contribution in [3.8, 4) is 0 Å². The lowest BCUT2D eigenvalue weighted by Crippen LogP contribution is -2.57. The molecule has 0 unspecified atom stereocenters. The number of hydrogen-bond acceptors (Lipinski definition) is 4. The van der Waals surface area contributed by atoms with Crippen molar-refractivity contribution >= 4 is 11.8 Å². The van der Waals surface area contributed by atoms with Gasteiger partial charge >= 0.3 is 12.1 Å². The van der Waals surface area contributed by atoms with Crippen molar-refractivity contribution in [1.82, 2.24) is 25.4 Å². The molecule has 136 valence electrons. The summed E-state index contributed by atoms with van der Waals surface area (Å²) in [5, 5.41) is 8.39. The minimum absolute atomic E-state index is 0.161. The molecule has 0 saturated heterocycles. The molecule has 2 N–H and O–H groups in total. The first kappa shape index (κ1) is 19.9. The molecule has 0 saturated carbocycles. The van der Waals surface area contributed by atoms with Crippen LogP contribution in [0.25, 0.3) is 0 Å². The molecular formula is C14H22F3N5O2. The first-order valence-electron chi connectivity index (χ1n) is 7.42. The van der Waals surface area contributed by atoms with Crippen LogP contribution in [0.2, 0.25) is 0 Å². The highest BCUT2D eigenvalue weighted by atomic mass is 19.4. The molecule has 0 aliphatic carbocycles. The summed E-state index contributed by atoms with van der Waals surface area (Å²) in [7, 11) is 1.73. The molecule has 0 atom stereocenters. The number of alkyl halides is 3. The molecule has 0 fully saturated rings. The third kappa shape index (κ3) is 5.20. The van der Waals surface area contributed by atoms with Crippen LogP contribution >= 0.6 is 0 Å². The van der Waals surface area contributed by atoms with E-state index >= 15 is 0 Å². The van der Waals surface area contributed by atoms with Gasteiger partial charge in [0.15, 0.2) is 5.82 Å². The summed E-state index contributed by atoms with van der Waals surface area (Å²) in [6.07, 6.45) is -4.67. The number of hydrogen-bond donors (Lipinski definition) is 2. The van der Waals surface area contributed by atoms with Crippen LogP contribution in [0.4, 0.5) is 13.2 Å². The summed E-state index contributed by atoms with van der Waals surface area (Å²) in [4.78, 5) is 27.3. The maximum Gasteiger partial charge on any atom is 0.471 e. The van der Waals surface area contributed by atoms with Crippen LogP contribution in [-0.2, 0) is 23.1 Å². The van der Waals surface area contributed by atoms with Gasteiger partial charge in [0.2, 0.25) is 5.91 Å². The van der Waals surface area contributed by atoms with Gasteiger partial charge in [0.05, 0.1) is 0 Å². The lowest BCUT2D eigenvalue weighted by Gasteiger charge is -2.25. The van der Waals surface area contributed by atoms with E-state index in [0.29, 0.717) is 18.1 Å². The van der Waals surface area contributed by atoms with Crippen molar-refractivity contribution < 1.29 is 22.8 Å². The summed E-state index contributed by atoms with van der Waals surface area (Å²) in [6, 6.07) is 0. The molecule has 2 amide bonds. The molecule has 10 heteroatoms. The van der Waals surface area contributed by atoms with Crippen molar-refractivity contribution in [2.24, 2.45) is 7.05 Å². The first-order valence-corrected chi connectivity index (χ1v) is 7.42. The van der Waals surface area contributed by atoms with E-state index < -0.39 is 23.5 Å². The Morgan fingerprint density at radius 1 is 1.21 bits per heavy atom. The van der Waals surface area contributed by atoms with Gasteiger partial charge in [0.1, 0.15) is 11.4 Å². The van der Waals surface area contributed by atoms with Crippen LogP contribution < -0.4 is 10.6 Å². The number of aromatic nitrogens is 3.